The third-order valence-electron chi connectivity index (χ3n) is 3.59. The van der Waals surface area contributed by atoms with Crippen molar-refractivity contribution in [2.24, 2.45) is 0 Å². The minimum Gasteiger partial charge on any atom is -0.456 e. The Morgan fingerprint density at radius 2 is 1.87 bits per heavy atom. The molecular weight excluding hydrogens is 300 g/mol. The summed E-state index contributed by atoms with van der Waals surface area (Å²) < 4.78 is 10.0. The maximum atomic E-state index is 12.3. The number of nitrogens with zero attached hydrogens (tertiary/aromatic N) is 2. The van der Waals surface area contributed by atoms with E-state index in [1.165, 1.54) is 6.92 Å². The Morgan fingerprint density at radius 1 is 1.26 bits per heavy atom. The van der Waals surface area contributed by atoms with E-state index in [1.54, 1.807) is 37.3 Å². The van der Waals surface area contributed by atoms with E-state index in [1.807, 2.05) is 0 Å². The summed E-state index contributed by atoms with van der Waals surface area (Å²) in [7, 11) is 0. The van der Waals surface area contributed by atoms with Crippen molar-refractivity contribution in [3.05, 3.63) is 52.9 Å². The molecule has 2 aromatic rings. The highest BCUT2D eigenvalue weighted by Gasteiger charge is 2.41. The SMILES string of the molecule is Cc1cc(COC(=O)C(C)N2C(=O)c3ccccc3C2=O)on1. The van der Waals surface area contributed by atoms with Crippen LogP contribution in [0.4, 0.5) is 0 Å². The van der Waals surface area contributed by atoms with Crippen LogP contribution in [0.1, 0.15) is 39.1 Å². The molecule has 0 N–H and O–H groups in total. The molecule has 0 saturated carbocycles. The van der Waals surface area contributed by atoms with Gasteiger partial charge in [-0.3, -0.25) is 14.5 Å². The van der Waals surface area contributed by atoms with E-state index in [0.717, 1.165) is 4.90 Å². The van der Waals surface area contributed by atoms with Crippen molar-refractivity contribution in [1.82, 2.24) is 10.1 Å². The number of benzene rings is 1. The summed E-state index contributed by atoms with van der Waals surface area (Å²) in [5.74, 6) is -1.28. The van der Waals surface area contributed by atoms with Crippen molar-refractivity contribution in [2.45, 2.75) is 26.5 Å². The van der Waals surface area contributed by atoms with Gasteiger partial charge in [0.05, 0.1) is 16.8 Å². The van der Waals surface area contributed by atoms with E-state index in [2.05, 4.69) is 5.16 Å². The fraction of sp³-hybridized carbons (Fsp3) is 0.250. The first-order valence-electron chi connectivity index (χ1n) is 7.05. The average Bonchev–Trinajstić information content (AvgIpc) is 3.07. The van der Waals surface area contributed by atoms with Gasteiger partial charge < -0.3 is 9.26 Å². The van der Waals surface area contributed by atoms with Gasteiger partial charge in [0.2, 0.25) is 0 Å². The van der Waals surface area contributed by atoms with Gasteiger partial charge in [0.25, 0.3) is 11.8 Å². The number of aromatic nitrogens is 1. The molecule has 1 unspecified atom stereocenters. The van der Waals surface area contributed by atoms with Gasteiger partial charge in [0.1, 0.15) is 6.04 Å². The van der Waals surface area contributed by atoms with E-state index in [9.17, 15) is 14.4 Å². The second-order valence-corrected chi connectivity index (χ2v) is 5.24. The molecule has 7 nitrogen and oxygen atoms in total. The monoisotopic (exact) mass is 314 g/mol. The van der Waals surface area contributed by atoms with Crippen LogP contribution in [0.25, 0.3) is 0 Å². The van der Waals surface area contributed by atoms with Gasteiger partial charge in [0, 0.05) is 6.07 Å². The minimum atomic E-state index is -1.02. The number of hydrogen-bond donors (Lipinski definition) is 0. The lowest BCUT2D eigenvalue weighted by Crippen LogP contribution is -2.43. The van der Waals surface area contributed by atoms with Crippen molar-refractivity contribution in [3.8, 4) is 0 Å². The topological polar surface area (TPSA) is 89.7 Å². The molecule has 2 amide bonds. The number of ether oxygens (including phenoxy) is 1. The molecule has 2 heterocycles. The van der Waals surface area contributed by atoms with Crippen LogP contribution in [0.15, 0.2) is 34.9 Å². The maximum absolute atomic E-state index is 12.3. The quantitative estimate of drug-likeness (QED) is 0.630. The van der Waals surface area contributed by atoms with E-state index in [-0.39, 0.29) is 6.61 Å². The van der Waals surface area contributed by atoms with Gasteiger partial charge in [-0.1, -0.05) is 17.3 Å². The number of esters is 1. The molecule has 1 aromatic heterocycles. The van der Waals surface area contributed by atoms with Crippen molar-refractivity contribution in [2.75, 3.05) is 0 Å². The molecule has 1 atom stereocenters. The van der Waals surface area contributed by atoms with E-state index >= 15 is 0 Å². The number of rotatable bonds is 4. The molecule has 3 rings (SSSR count). The Morgan fingerprint density at radius 3 is 2.39 bits per heavy atom. The molecule has 7 heteroatoms. The van der Waals surface area contributed by atoms with Crippen molar-refractivity contribution in [1.29, 1.82) is 0 Å². The molecule has 0 aliphatic carbocycles. The third-order valence-corrected chi connectivity index (χ3v) is 3.59. The van der Waals surface area contributed by atoms with Crippen molar-refractivity contribution < 1.29 is 23.6 Å². The number of carbonyl (C=O) groups is 3. The Hall–Kier alpha value is -2.96. The first-order chi connectivity index (χ1) is 11.0. The molecule has 0 fully saturated rings. The smallest absolute Gasteiger partial charge is 0.329 e. The second kappa shape index (κ2) is 5.68. The number of aryl methyl sites for hydroxylation is 1. The Bertz CT molecular complexity index is 760. The van der Waals surface area contributed by atoms with Gasteiger partial charge in [-0.15, -0.1) is 0 Å². The van der Waals surface area contributed by atoms with Crippen LogP contribution in [-0.4, -0.2) is 33.9 Å². The highest BCUT2D eigenvalue weighted by Crippen LogP contribution is 2.24. The molecule has 1 aliphatic rings. The summed E-state index contributed by atoms with van der Waals surface area (Å²) >= 11 is 0. The lowest BCUT2D eigenvalue weighted by Gasteiger charge is -2.20. The van der Waals surface area contributed by atoms with Crippen LogP contribution in [0.3, 0.4) is 0 Å². The molecule has 1 aromatic carbocycles. The number of imide groups is 1. The van der Waals surface area contributed by atoms with Crippen LogP contribution in [-0.2, 0) is 16.1 Å². The summed E-state index contributed by atoms with van der Waals surface area (Å²) in [6.07, 6.45) is 0. The molecule has 0 spiro atoms. The van der Waals surface area contributed by atoms with Crippen LogP contribution < -0.4 is 0 Å². The number of carbonyl (C=O) groups excluding carboxylic acids is 3. The van der Waals surface area contributed by atoms with Gasteiger partial charge in [-0.05, 0) is 26.0 Å². The summed E-state index contributed by atoms with van der Waals surface area (Å²) in [4.78, 5) is 37.6. The molecule has 0 saturated heterocycles. The summed E-state index contributed by atoms with van der Waals surface area (Å²) in [5.41, 5.74) is 1.26. The average molecular weight is 314 g/mol. The molecule has 23 heavy (non-hydrogen) atoms. The van der Waals surface area contributed by atoms with E-state index in [4.69, 9.17) is 9.26 Å². The van der Waals surface area contributed by atoms with Gasteiger partial charge in [-0.25, -0.2) is 4.79 Å². The first kappa shape index (κ1) is 15.0. The van der Waals surface area contributed by atoms with Crippen LogP contribution >= 0.6 is 0 Å². The zero-order valence-corrected chi connectivity index (χ0v) is 12.6. The predicted octanol–water partition coefficient (Wildman–Crippen LogP) is 1.71. The maximum Gasteiger partial charge on any atom is 0.329 e. The zero-order valence-electron chi connectivity index (χ0n) is 12.6. The predicted molar refractivity (Wildman–Crippen MR) is 77.4 cm³/mol. The van der Waals surface area contributed by atoms with Crippen LogP contribution in [0.2, 0.25) is 0 Å². The number of fused-ring (bicyclic) bond motifs is 1. The molecule has 1 aliphatic heterocycles. The Kier molecular flexibility index (Phi) is 3.69. The molecule has 0 radical (unpaired) electrons. The Balaban J connectivity index is 1.71. The van der Waals surface area contributed by atoms with E-state index < -0.39 is 23.8 Å². The van der Waals surface area contributed by atoms with Gasteiger partial charge in [-0.2, -0.15) is 0 Å². The third kappa shape index (κ3) is 2.61. The van der Waals surface area contributed by atoms with E-state index in [0.29, 0.717) is 22.6 Å². The summed E-state index contributed by atoms with van der Waals surface area (Å²) in [5, 5.41) is 3.68. The fourth-order valence-corrected chi connectivity index (χ4v) is 2.41. The fourth-order valence-electron chi connectivity index (χ4n) is 2.41. The number of amides is 2. The minimum absolute atomic E-state index is 0.104. The van der Waals surface area contributed by atoms with Gasteiger partial charge in [0.15, 0.2) is 12.4 Å². The summed E-state index contributed by atoms with van der Waals surface area (Å²) in [6, 6.07) is 7.08. The summed E-state index contributed by atoms with van der Waals surface area (Å²) in [6.45, 7) is 3.10. The first-order valence-corrected chi connectivity index (χ1v) is 7.05. The molecule has 0 bridgehead atoms. The normalized spacial score (nSPS) is 14.8. The van der Waals surface area contributed by atoms with Crippen molar-refractivity contribution >= 4 is 17.8 Å². The molecule has 118 valence electrons. The highest BCUT2D eigenvalue weighted by molar-refractivity contribution is 6.22. The van der Waals surface area contributed by atoms with Crippen molar-refractivity contribution in [3.63, 3.8) is 0 Å². The second-order valence-electron chi connectivity index (χ2n) is 5.24. The van der Waals surface area contributed by atoms with Crippen LogP contribution in [0.5, 0.6) is 0 Å². The highest BCUT2D eigenvalue weighted by atomic mass is 16.6. The number of hydrogen-bond acceptors (Lipinski definition) is 6. The van der Waals surface area contributed by atoms with Gasteiger partial charge >= 0.3 is 5.97 Å². The lowest BCUT2D eigenvalue weighted by atomic mass is 10.1. The Labute approximate surface area is 131 Å². The molecular formula is C16H14N2O5. The standard InChI is InChI=1S/C16H14N2O5/c1-9-7-11(23-17-9)8-22-16(21)10(2)18-14(19)12-5-3-4-6-13(12)15(18)20/h3-7,10H,8H2,1-2H3. The zero-order chi connectivity index (χ0) is 16.6. The largest absolute Gasteiger partial charge is 0.456 e. The lowest BCUT2D eigenvalue weighted by molar-refractivity contribution is -0.149. The van der Waals surface area contributed by atoms with Crippen LogP contribution in [0, 0.1) is 6.92 Å².